The normalized spacial score (nSPS) is 30.3. The van der Waals surface area contributed by atoms with Crippen molar-refractivity contribution < 1.29 is 18.7 Å². The molecule has 4 aliphatic rings. The zero-order valence-electron chi connectivity index (χ0n) is 16.3. The number of hydrogen-bond donors (Lipinski definition) is 3. The number of hydrogen-bond acceptors (Lipinski definition) is 4. The van der Waals surface area contributed by atoms with Gasteiger partial charge in [0, 0.05) is 30.1 Å². The molecule has 2 bridgehead atoms. The lowest BCUT2D eigenvalue weighted by Crippen LogP contribution is -2.53. The number of halogens is 2. The minimum absolute atomic E-state index is 0.00995. The third kappa shape index (κ3) is 4.67. The molecule has 3 aliphatic carbocycles. The molecule has 3 N–H and O–H groups in total. The topological polar surface area (TPSA) is 79.5 Å². The Bertz CT molecular complexity index is 778. The van der Waals surface area contributed by atoms with E-state index < -0.39 is 5.82 Å². The summed E-state index contributed by atoms with van der Waals surface area (Å²) in [4.78, 5) is 24.9. The monoisotopic (exact) mass is 423 g/mol. The van der Waals surface area contributed by atoms with E-state index in [1.165, 1.54) is 25.0 Å². The summed E-state index contributed by atoms with van der Waals surface area (Å²) in [6.45, 7) is 1.50. The molecule has 8 heteroatoms. The summed E-state index contributed by atoms with van der Waals surface area (Å²) >= 11 is 5.64. The van der Waals surface area contributed by atoms with Gasteiger partial charge >= 0.3 is 0 Å². The van der Waals surface area contributed by atoms with Crippen molar-refractivity contribution in [3.63, 3.8) is 0 Å². The Kier molecular flexibility index (Phi) is 5.97. The second-order valence-electron chi connectivity index (χ2n) is 8.56. The van der Waals surface area contributed by atoms with Crippen LogP contribution in [0, 0.1) is 17.7 Å². The maximum absolute atomic E-state index is 13.4. The molecular formula is C21H27ClFN3O3. The average Bonchev–Trinajstić information content (AvgIpc) is 3.23. The Labute approximate surface area is 174 Å². The highest BCUT2D eigenvalue weighted by atomic mass is 35.5. The Morgan fingerprint density at radius 2 is 2.10 bits per heavy atom. The average molecular weight is 424 g/mol. The highest BCUT2D eigenvalue weighted by Gasteiger charge is 2.58. The number of fused-ring (bicyclic) bond motifs is 1. The smallest absolute Gasteiger partial charge is 0.258 e. The van der Waals surface area contributed by atoms with Crippen LogP contribution in [0.25, 0.3) is 0 Å². The van der Waals surface area contributed by atoms with Gasteiger partial charge in [0.15, 0.2) is 6.61 Å². The molecule has 1 aromatic carbocycles. The summed E-state index contributed by atoms with van der Waals surface area (Å²) in [7, 11) is 0. The summed E-state index contributed by atoms with van der Waals surface area (Å²) in [5, 5.41) is 9.57. The first-order valence-corrected chi connectivity index (χ1v) is 10.7. The molecule has 0 aromatic heterocycles. The number of rotatable bonds is 7. The van der Waals surface area contributed by atoms with E-state index in [-0.39, 0.29) is 40.7 Å². The molecule has 1 aromatic rings. The summed E-state index contributed by atoms with van der Waals surface area (Å²) in [6, 6.07) is 4.44. The summed E-state index contributed by atoms with van der Waals surface area (Å²) in [5.74, 6) is -0.190. The van der Waals surface area contributed by atoms with Crippen LogP contribution >= 0.6 is 11.6 Å². The van der Waals surface area contributed by atoms with E-state index in [4.69, 9.17) is 16.3 Å². The Hall–Kier alpha value is -1.86. The molecule has 0 spiro atoms. The van der Waals surface area contributed by atoms with Gasteiger partial charge in [-0.25, -0.2) is 4.39 Å². The lowest BCUT2D eigenvalue weighted by Gasteiger charge is -2.39. The molecule has 2 unspecified atom stereocenters. The summed E-state index contributed by atoms with van der Waals surface area (Å²) in [6.07, 6.45) is 5.84. The van der Waals surface area contributed by atoms with Crippen molar-refractivity contribution in [2.45, 2.75) is 50.1 Å². The maximum atomic E-state index is 13.4. The maximum Gasteiger partial charge on any atom is 0.258 e. The van der Waals surface area contributed by atoms with Crippen LogP contribution in [0.1, 0.15) is 38.5 Å². The Morgan fingerprint density at radius 3 is 2.83 bits per heavy atom. The second-order valence-corrected chi connectivity index (χ2v) is 8.97. The van der Waals surface area contributed by atoms with E-state index >= 15 is 0 Å². The fraction of sp³-hybridized carbons (Fsp3) is 0.619. The van der Waals surface area contributed by atoms with Crippen LogP contribution in [-0.4, -0.2) is 43.1 Å². The van der Waals surface area contributed by atoms with Crippen molar-refractivity contribution in [3.05, 3.63) is 29.0 Å². The molecule has 1 aliphatic heterocycles. The summed E-state index contributed by atoms with van der Waals surface area (Å²) < 4.78 is 18.8. The van der Waals surface area contributed by atoms with E-state index in [1.807, 2.05) is 0 Å². The molecule has 5 rings (SSSR count). The number of carbonyl (C=O) groups is 2. The zero-order valence-corrected chi connectivity index (χ0v) is 17.1. The molecule has 4 fully saturated rings. The molecule has 1 heterocycles. The minimum atomic E-state index is -0.585. The van der Waals surface area contributed by atoms with E-state index in [1.54, 1.807) is 0 Å². The van der Waals surface area contributed by atoms with Crippen LogP contribution in [0.4, 0.5) is 4.39 Å². The number of piperidine rings is 1. The van der Waals surface area contributed by atoms with Crippen LogP contribution in [-0.2, 0) is 9.59 Å². The highest BCUT2D eigenvalue weighted by molar-refractivity contribution is 6.30. The zero-order chi connectivity index (χ0) is 20.4. The number of ether oxygens (including phenoxy) is 1. The van der Waals surface area contributed by atoms with Crippen LogP contribution in [0.5, 0.6) is 5.75 Å². The lowest BCUT2D eigenvalue weighted by atomic mass is 9.76. The quantitative estimate of drug-likeness (QED) is 0.629. The van der Waals surface area contributed by atoms with Gasteiger partial charge in [-0.2, -0.15) is 0 Å². The Morgan fingerprint density at radius 1 is 1.28 bits per heavy atom. The van der Waals surface area contributed by atoms with Crippen molar-refractivity contribution in [3.8, 4) is 5.75 Å². The largest absolute Gasteiger partial charge is 0.484 e. The minimum Gasteiger partial charge on any atom is -0.484 e. The van der Waals surface area contributed by atoms with Crippen molar-refractivity contribution in [1.29, 1.82) is 0 Å². The van der Waals surface area contributed by atoms with Gasteiger partial charge in [0.05, 0.1) is 5.02 Å². The van der Waals surface area contributed by atoms with Gasteiger partial charge in [0.25, 0.3) is 5.91 Å². The molecule has 2 amide bonds. The molecule has 29 heavy (non-hydrogen) atoms. The molecule has 6 nitrogen and oxygen atoms in total. The van der Waals surface area contributed by atoms with Gasteiger partial charge in [0.2, 0.25) is 5.91 Å². The van der Waals surface area contributed by atoms with E-state index in [0.29, 0.717) is 24.9 Å². The first-order valence-electron chi connectivity index (χ1n) is 10.3. The highest BCUT2D eigenvalue weighted by Crippen LogP contribution is 2.55. The van der Waals surface area contributed by atoms with Gasteiger partial charge in [-0.05, 0) is 56.7 Å². The molecule has 158 valence electrons. The number of carbonyl (C=O) groups excluding carboxylic acids is 2. The fourth-order valence-corrected chi connectivity index (χ4v) is 5.06. The summed E-state index contributed by atoms with van der Waals surface area (Å²) in [5.41, 5.74) is -0.304. The van der Waals surface area contributed by atoms with Crippen LogP contribution < -0.4 is 20.7 Å². The van der Waals surface area contributed by atoms with Crippen molar-refractivity contribution in [1.82, 2.24) is 16.0 Å². The van der Waals surface area contributed by atoms with E-state index in [2.05, 4.69) is 16.0 Å². The number of nitrogens with one attached hydrogen (secondary N) is 3. The predicted molar refractivity (Wildman–Crippen MR) is 107 cm³/mol. The third-order valence-corrected chi connectivity index (χ3v) is 6.73. The van der Waals surface area contributed by atoms with Gasteiger partial charge in [-0.3, -0.25) is 9.59 Å². The lowest BCUT2D eigenvalue weighted by molar-refractivity contribution is -0.126. The Balaban J connectivity index is 1.21. The number of amides is 2. The van der Waals surface area contributed by atoms with E-state index in [0.717, 1.165) is 31.9 Å². The molecular weight excluding hydrogens is 397 g/mol. The second kappa shape index (κ2) is 8.48. The molecule has 1 saturated heterocycles. The molecule has 0 radical (unpaired) electrons. The fourth-order valence-electron chi connectivity index (χ4n) is 4.94. The van der Waals surface area contributed by atoms with Crippen molar-refractivity contribution in [2.24, 2.45) is 11.8 Å². The van der Waals surface area contributed by atoms with Crippen LogP contribution in [0.2, 0.25) is 5.02 Å². The number of benzene rings is 1. The first kappa shape index (κ1) is 20.4. The van der Waals surface area contributed by atoms with Gasteiger partial charge in [-0.15, -0.1) is 0 Å². The van der Waals surface area contributed by atoms with Gasteiger partial charge in [0.1, 0.15) is 11.6 Å². The molecule has 3 saturated carbocycles. The SMILES string of the molecule is O=C(COc1ccc(Cl)c(F)c1)NC12CC(C1)C(C(=O)NCC1CCCCN1)C2. The van der Waals surface area contributed by atoms with Crippen LogP contribution in [0.15, 0.2) is 18.2 Å². The van der Waals surface area contributed by atoms with Gasteiger partial charge < -0.3 is 20.7 Å². The van der Waals surface area contributed by atoms with Gasteiger partial charge in [-0.1, -0.05) is 18.0 Å². The standard InChI is InChI=1S/C21H27ClFN3O3/c22-17-5-4-15(7-18(17)23)29-12-19(27)26-21-8-13(9-21)16(10-21)20(28)25-11-14-3-1-2-6-24-14/h4-5,7,13-14,16,24H,1-3,6,8-12H2,(H,25,28)(H,26,27). The molecule has 2 atom stereocenters. The van der Waals surface area contributed by atoms with Crippen molar-refractivity contribution >= 4 is 23.4 Å². The third-order valence-electron chi connectivity index (χ3n) is 6.42. The van der Waals surface area contributed by atoms with Crippen LogP contribution in [0.3, 0.4) is 0 Å². The predicted octanol–water partition coefficient (Wildman–Crippen LogP) is 2.40. The van der Waals surface area contributed by atoms with Crippen molar-refractivity contribution in [2.75, 3.05) is 19.7 Å². The first-order chi connectivity index (χ1) is 13.9. The van der Waals surface area contributed by atoms with E-state index in [9.17, 15) is 14.0 Å².